The topological polar surface area (TPSA) is 80.5 Å². The van der Waals surface area contributed by atoms with Gasteiger partial charge in [0.15, 0.2) is 9.84 Å². The van der Waals surface area contributed by atoms with Crippen molar-refractivity contribution < 1.29 is 13.2 Å². The number of amides is 1. The summed E-state index contributed by atoms with van der Waals surface area (Å²) in [5.74, 6) is 0.878. The number of hydrogen-bond acceptors (Lipinski definition) is 4. The number of hydrogen-bond donors (Lipinski definition) is 1. The van der Waals surface area contributed by atoms with E-state index >= 15 is 0 Å². The Morgan fingerprint density at radius 1 is 1.03 bits per heavy atom. The maximum absolute atomic E-state index is 12.8. The number of benzene rings is 2. The Kier molecular flexibility index (Phi) is 6.36. The molecular weight excluding hydrogens is 408 g/mol. The third-order valence-corrected chi connectivity index (χ3v) is 7.84. The van der Waals surface area contributed by atoms with Crippen LogP contribution in [0.15, 0.2) is 53.4 Å². The van der Waals surface area contributed by atoms with Crippen LogP contribution in [0, 0.1) is 18.8 Å². The molecular formula is C22H27ClN2O3S. The van der Waals surface area contributed by atoms with Gasteiger partial charge in [-0.25, -0.2) is 8.42 Å². The lowest BCUT2D eigenvalue weighted by Crippen LogP contribution is -2.33. The van der Waals surface area contributed by atoms with Gasteiger partial charge in [-0.05, 0) is 61.4 Å². The largest absolute Gasteiger partial charge is 0.338 e. The van der Waals surface area contributed by atoms with E-state index in [-0.39, 0.29) is 30.1 Å². The first-order chi connectivity index (χ1) is 13.3. The van der Waals surface area contributed by atoms with Gasteiger partial charge in [-0.2, -0.15) is 0 Å². The summed E-state index contributed by atoms with van der Waals surface area (Å²) < 4.78 is 25.2. The molecule has 0 spiro atoms. The van der Waals surface area contributed by atoms with Crippen LogP contribution in [0.1, 0.15) is 34.3 Å². The second-order valence-electron chi connectivity index (χ2n) is 8.14. The molecule has 3 unspecified atom stereocenters. The van der Waals surface area contributed by atoms with Crippen molar-refractivity contribution in [2.45, 2.75) is 36.5 Å². The molecule has 1 amide bonds. The fourth-order valence-corrected chi connectivity index (χ4v) is 5.80. The summed E-state index contributed by atoms with van der Waals surface area (Å²) in [4.78, 5) is 15.0. The normalized spacial score (nSPS) is 23.5. The number of sulfone groups is 1. The number of nitrogens with zero attached hydrogens (tertiary/aromatic N) is 1. The number of rotatable bonds is 4. The van der Waals surface area contributed by atoms with Crippen LogP contribution < -0.4 is 5.73 Å². The quantitative estimate of drug-likeness (QED) is 0.801. The smallest absolute Gasteiger partial charge is 0.253 e. The SMILES string of the molecule is Cc1ccc(S(=O)(=O)Cc2ccc(C(=O)N3CC4CCC(N)C4C3)cc2)cc1.Cl. The first-order valence-corrected chi connectivity index (χ1v) is 11.4. The monoisotopic (exact) mass is 434 g/mol. The van der Waals surface area contributed by atoms with Crippen molar-refractivity contribution in [3.05, 3.63) is 65.2 Å². The molecule has 2 fully saturated rings. The van der Waals surface area contributed by atoms with Crippen LogP contribution in [0.4, 0.5) is 0 Å². The summed E-state index contributed by atoms with van der Waals surface area (Å²) in [5.41, 5.74) is 8.46. The molecule has 0 aromatic heterocycles. The molecule has 2 N–H and O–H groups in total. The van der Waals surface area contributed by atoms with Gasteiger partial charge in [-0.3, -0.25) is 4.79 Å². The molecule has 0 bridgehead atoms. The first-order valence-electron chi connectivity index (χ1n) is 9.77. The second-order valence-corrected chi connectivity index (χ2v) is 10.1. The van der Waals surface area contributed by atoms with Crippen molar-refractivity contribution in [2.24, 2.45) is 17.6 Å². The molecule has 2 aliphatic rings. The Labute approximate surface area is 178 Å². The summed E-state index contributed by atoms with van der Waals surface area (Å²) in [5, 5.41) is 0. The Bertz CT molecular complexity index is 974. The molecule has 156 valence electrons. The molecule has 29 heavy (non-hydrogen) atoms. The maximum Gasteiger partial charge on any atom is 0.253 e. The fraction of sp³-hybridized carbons (Fsp3) is 0.409. The van der Waals surface area contributed by atoms with Crippen LogP contribution in [0.5, 0.6) is 0 Å². The van der Waals surface area contributed by atoms with E-state index in [1.54, 1.807) is 48.5 Å². The summed E-state index contributed by atoms with van der Waals surface area (Å²) in [7, 11) is -3.40. The average Bonchev–Trinajstić information content (AvgIpc) is 3.24. The maximum atomic E-state index is 12.8. The minimum atomic E-state index is -3.40. The molecule has 1 saturated carbocycles. The van der Waals surface area contributed by atoms with E-state index in [4.69, 9.17) is 5.73 Å². The molecule has 2 aromatic rings. The second kappa shape index (κ2) is 8.46. The number of aryl methyl sites for hydroxylation is 1. The zero-order chi connectivity index (χ0) is 19.9. The number of likely N-dealkylation sites (tertiary alicyclic amines) is 1. The lowest BCUT2D eigenvalue weighted by molar-refractivity contribution is 0.0779. The summed E-state index contributed by atoms with van der Waals surface area (Å²) in [6.07, 6.45) is 2.16. The van der Waals surface area contributed by atoms with E-state index in [1.165, 1.54) is 0 Å². The van der Waals surface area contributed by atoms with Gasteiger partial charge < -0.3 is 10.6 Å². The van der Waals surface area contributed by atoms with Gasteiger partial charge in [0.2, 0.25) is 0 Å². The van der Waals surface area contributed by atoms with Crippen molar-refractivity contribution in [3.63, 3.8) is 0 Å². The van der Waals surface area contributed by atoms with Crippen molar-refractivity contribution >= 4 is 28.2 Å². The zero-order valence-electron chi connectivity index (χ0n) is 16.5. The highest BCUT2D eigenvalue weighted by Crippen LogP contribution is 2.37. The van der Waals surface area contributed by atoms with Gasteiger partial charge in [0.05, 0.1) is 10.6 Å². The molecule has 7 heteroatoms. The zero-order valence-corrected chi connectivity index (χ0v) is 18.1. The van der Waals surface area contributed by atoms with Gasteiger partial charge in [0, 0.05) is 24.7 Å². The van der Waals surface area contributed by atoms with E-state index in [2.05, 4.69) is 0 Å². The van der Waals surface area contributed by atoms with Crippen molar-refractivity contribution in [1.82, 2.24) is 4.90 Å². The minimum absolute atomic E-state index is 0. The number of halogens is 1. The standard InChI is InChI=1S/C22H26N2O3S.ClH/c1-15-2-9-19(10-3-15)28(26,27)14-16-4-6-17(7-5-16)22(25)24-12-18-8-11-21(23)20(18)13-24;/h2-7,9-10,18,20-21H,8,11-14,23H2,1H3;1H. The highest BCUT2D eigenvalue weighted by Gasteiger charge is 2.42. The van der Waals surface area contributed by atoms with E-state index < -0.39 is 9.84 Å². The van der Waals surface area contributed by atoms with Gasteiger partial charge in [-0.1, -0.05) is 29.8 Å². The predicted octanol–water partition coefficient (Wildman–Crippen LogP) is 3.20. The highest BCUT2D eigenvalue weighted by molar-refractivity contribution is 7.90. The van der Waals surface area contributed by atoms with Crippen molar-refractivity contribution in [2.75, 3.05) is 13.1 Å². The van der Waals surface area contributed by atoms with Gasteiger partial charge >= 0.3 is 0 Å². The van der Waals surface area contributed by atoms with Crippen LogP contribution in [0.2, 0.25) is 0 Å². The van der Waals surface area contributed by atoms with Gasteiger partial charge in [0.1, 0.15) is 0 Å². The first kappa shape index (κ1) is 21.8. The Balaban J connectivity index is 0.00000240. The van der Waals surface area contributed by atoms with E-state index in [9.17, 15) is 13.2 Å². The Morgan fingerprint density at radius 2 is 1.69 bits per heavy atom. The van der Waals surface area contributed by atoms with E-state index in [0.717, 1.165) is 31.5 Å². The summed E-state index contributed by atoms with van der Waals surface area (Å²) in [6.45, 7) is 3.43. The molecule has 1 heterocycles. The van der Waals surface area contributed by atoms with Crippen LogP contribution in [-0.2, 0) is 15.6 Å². The van der Waals surface area contributed by atoms with Gasteiger partial charge in [-0.15, -0.1) is 12.4 Å². The third-order valence-electron chi connectivity index (χ3n) is 6.14. The molecule has 4 rings (SSSR count). The van der Waals surface area contributed by atoms with E-state index in [0.29, 0.717) is 27.9 Å². The van der Waals surface area contributed by atoms with Gasteiger partial charge in [0.25, 0.3) is 5.91 Å². The Hall–Kier alpha value is -1.89. The van der Waals surface area contributed by atoms with Crippen molar-refractivity contribution in [3.8, 4) is 0 Å². The molecule has 1 aliphatic heterocycles. The number of carbonyl (C=O) groups is 1. The summed E-state index contributed by atoms with van der Waals surface area (Å²) >= 11 is 0. The van der Waals surface area contributed by atoms with Crippen LogP contribution in [0.25, 0.3) is 0 Å². The highest BCUT2D eigenvalue weighted by atomic mass is 35.5. The molecule has 0 radical (unpaired) electrons. The lowest BCUT2D eigenvalue weighted by atomic mass is 9.98. The molecule has 1 aliphatic carbocycles. The lowest BCUT2D eigenvalue weighted by Gasteiger charge is -2.19. The predicted molar refractivity (Wildman–Crippen MR) is 116 cm³/mol. The molecule has 2 aromatic carbocycles. The van der Waals surface area contributed by atoms with Crippen LogP contribution >= 0.6 is 12.4 Å². The average molecular weight is 435 g/mol. The molecule has 1 saturated heterocycles. The van der Waals surface area contributed by atoms with Crippen LogP contribution in [0.3, 0.4) is 0 Å². The van der Waals surface area contributed by atoms with Crippen molar-refractivity contribution in [1.29, 1.82) is 0 Å². The minimum Gasteiger partial charge on any atom is -0.338 e. The fourth-order valence-electron chi connectivity index (χ4n) is 4.45. The Morgan fingerprint density at radius 3 is 2.31 bits per heavy atom. The molecule has 3 atom stereocenters. The number of nitrogens with two attached hydrogens (primary N) is 1. The van der Waals surface area contributed by atoms with E-state index in [1.807, 2.05) is 11.8 Å². The van der Waals surface area contributed by atoms with Crippen LogP contribution in [-0.4, -0.2) is 38.4 Å². The third kappa shape index (κ3) is 4.49. The number of carbonyl (C=O) groups excluding carboxylic acids is 1. The number of fused-ring (bicyclic) bond motifs is 1. The summed E-state index contributed by atoms with van der Waals surface area (Å²) in [6, 6.07) is 14.0. The molecule has 5 nitrogen and oxygen atoms in total.